The number of carbonyl (C=O) groups excluding carboxylic acids is 2. The second kappa shape index (κ2) is 6.33. The first-order valence-electron chi connectivity index (χ1n) is 8.11. The molecule has 5 nitrogen and oxygen atoms in total. The Morgan fingerprint density at radius 3 is 2.36 bits per heavy atom. The van der Waals surface area contributed by atoms with Gasteiger partial charge in [-0.1, -0.05) is 6.58 Å². The van der Waals surface area contributed by atoms with Crippen molar-refractivity contribution >= 4 is 29.2 Å². The maximum Gasteiger partial charge on any atom is 0.434 e. The van der Waals surface area contributed by atoms with E-state index in [-0.39, 0.29) is 18.4 Å². The zero-order valence-corrected chi connectivity index (χ0v) is 15.0. The Hall–Kier alpha value is -1.85. The maximum atomic E-state index is 12.8. The van der Waals surface area contributed by atoms with E-state index in [9.17, 15) is 35.9 Å². The number of hydrogen-bond acceptors (Lipinski definition) is 6. The van der Waals surface area contributed by atoms with Gasteiger partial charge in [-0.25, -0.2) is 4.79 Å². The number of rotatable bonds is 4. The summed E-state index contributed by atoms with van der Waals surface area (Å²) in [4.78, 5) is 24.1. The van der Waals surface area contributed by atoms with Crippen LogP contribution < -0.4 is 0 Å². The highest BCUT2D eigenvalue weighted by atomic mass is 32.1. The summed E-state index contributed by atoms with van der Waals surface area (Å²) in [7, 11) is 0. The van der Waals surface area contributed by atoms with E-state index in [1.807, 2.05) is 0 Å². The average molecular weight is 432 g/mol. The second-order valence-corrected chi connectivity index (χ2v) is 7.54. The molecule has 0 N–H and O–H groups in total. The van der Waals surface area contributed by atoms with Crippen molar-refractivity contribution in [2.24, 2.45) is 17.3 Å². The summed E-state index contributed by atoms with van der Waals surface area (Å²) in [6, 6.07) is 0. The van der Waals surface area contributed by atoms with E-state index in [1.165, 1.54) is 6.92 Å². The number of thiocarbonyl (C=S) groups is 1. The van der Waals surface area contributed by atoms with Gasteiger partial charge in [-0.15, -0.1) is 0 Å². The van der Waals surface area contributed by atoms with Crippen molar-refractivity contribution in [3.05, 3.63) is 12.2 Å². The predicted octanol–water partition coefficient (Wildman–Crippen LogP) is 3.26. The van der Waals surface area contributed by atoms with Gasteiger partial charge >= 0.3 is 24.3 Å². The summed E-state index contributed by atoms with van der Waals surface area (Å²) < 4.78 is 91.2. The fourth-order valence-corrected chi connectivity index (χ4v) is 4.60. The van der Waals surface area contributed by atoms with E-state index in [1.54, 1.807) is 0 Å². The van der Waals surface area contributed by atoms with Crippen LogP contribution in [0.15, 0.2) is 12.2 Å². The molecule has 2 bridgehead atoms. The molecule has 12 heteroatoms. The van der Waals surface area contributed by atoms with Crippen LogP contribution in [-0.2, 0) is 23.8 Å². The number of esters is 2. The average Bonchev–Trinajstić information content (AvgIpc) is 3.12. The first kappa shape index (κ1) is 20.9. The Balaban J connectivity index is 1.83. The first-order valence-corrected chi connectivity index (χ1v) is 8.52. The zero-order valence-electron chi connectivity index (χ0n) is 14.2. The molecule has 0 aromatic heterocycles. The van der Waals surface area contributed by atoms with Gasteiger partial charge in [-0.2, -0.15) is 26.3 Å². The van der Waals surface area contributed by atoms with E-state index in [0.29, 0.717) is 0 Å². The van der Waals surface area contributed by atoms with Crippen molar-refractivity contribution in [2.75, 3.05) is 0 Å². The van der Waals surface area contributed by atoms with Crippen LogP contribution in [0.25, 0.3) is 0 Å². The molecule has 1 heterocycles. The quantitative estimate of drug-likeness (QED) is 0.294. The fourth-order valence-electron chi connectivity index (χ4n) is 4.19. The van der Waals surface area contributed by atoms with Crippen LogP contribution >= 0.6 is 12.2 Å². The van der Waals surface area contributed by atoms with Gasteiger partial charge in [0, 0.05) is 17.4 Å². The topological polar surface area (TPSA) is 61.8 Å². The monoisotopic (exact) mass is 432 g/mol. The summed E-state index contributed by atoms with van der Waals surface area (Å²) in [5, 5.41) is -1.10. The van der Waals surface area contributed by atoms with Crippen molar-refractivity contribution in [3.63, 3.8) is 0 Å². The zero-order chi connectivity index (χ0) is 21.2. The molecule has 3 aliphatic rings. The van der Waals surface area contributed by atoms with Gasteiger partial charge in [0.1, 0.15) is 17.6 Å². The Kier molecular flexibility index (Phi) is 4.72. The van der Waals surface area contributed by atoms with E-state index < -0.39 is 64.9 Å². The van der Waals surface area contributed by atoms with Crippen LogP contribution in [0.4, 0.5) is 26.3 Å². The molecule has 2 saturated carbocycles. The number of carbonyl (C=O) groups is 2. The highest BCUT2D eigenvalue weighted by Gasteiger charge is 2.75. The molecule has 5 atom stereocenters. The molecule has 0 aromatic rings. The highest BCUT2D eigenvalue weighted by Crippen LogP contribution is 2.63. The lowest BCUT2D eigenvalue weighted by molar-refractivity contribution is -0.304. The van der Waals surface area contributed by atoms with Gasteiger partial charge in [0.2, 0.25) is 0 Å². The van der Waals surface area contributed by atoms with Crippen molar-refractivity contribution in [1.29, 1.82) is 0 Å². The molecule has 1 aliphatic heterocycles. The minimum Gasteiger partial charge on any atom is -0.463 e. The van der Waals surface area contributed by atoms with Gasteiger partial charge in [-0.05, 0) is 32.0 Å². The number of fused-ring (bicyclic) bond motifs is 1. The summed E-state index contributed by atoms with van der Waals surface area (Å²) in [5.74, 6) is -3.14. The number of ether oxygens (including phenoxy) is 3. The minimum absolute atomic E-state index is 0.0930. The third-order valence-corrected chi connectivity index (χ3v) is 5.80. The normalized spacial score (nSPS) is 33.8. The Labute approximate surface area is 160 Å². The standard InChI is InChI=1S/C16H14F6O5S/c1-5(2)10(23)25-8-6-3-7-9(8)26-12(24)14(7,4-6)13(28)27-11(15(17,18)19)16(20,21)22/h6-9,11H,1,3-4H2,2H3. The highest BCUT2D eigenvalue weighted by molar-refractivity contribution is 7.80. The lowest BCUT2D eigenvalue weighted by Gasteiger charge is -2.34. The van der Waals surface area contributed by atoms with Gasteiger partial charge in [-0.3, -0.25) is 4.79 Å². The van der Waals surface area contributed by atoms with E-state index in [0.717, 1.165) is 0 Å². The minimum atomic E-state index is -5.77. The third kappa shape index (κ3) is 3.05. The largest absolute Gasteiger partial charge is 0.463 e. The molecule has 0 amide bonds. The maximum absolute atomic E-state index is 12.8. The van der Waals surface area contributed by atoms with Crippen molar-refractivity contribution in [1.82, 2.24) is 0 Å². The summed E-state index contributed by atoms with van der Waals surface area (Å²) in [5.41, 5.74) is -1.80. The molecule has 3 rings (SSSR count). The van der Waals surface area contributed by atoms with Crippen molar-refractivity contribution in [3.8, 4) is 0 Å². The van der Waals surface area contributed by atoms with Crippen LogP contribution in [-0.4, -0.2) is 47.7 Å². The molecule has 3 fully saturated rings. The van der Waals surface area contributed by atoms with Gasteiger partial charge in [0.25, 0.3) is 6.10 Å². The summed E-state index contributed by atoms with van der Waals surface area (Å²) >= 11 is 4.73. The lowest BCUT2D eigenvalue weighted by Crippen LogP contribution is -2.51. The fraction of sp³-hybridized carbons (Fsp3) is 0.688. The Morgan fingerprint density at radius 1 is 1.29 bits per heavy atom. The molecule has 2 aliphatic carbocycles. The van der Waals surface area contributed by atoms with Crippen LogP contribution in [0.2, 0.25) is 0 Å². The molecule has 0 aromatic carbocycles. The van der Waals surface area contributed by atoms with Gasteiger partial charge < -0.3 is 14.2 Å². The molecular weight excluding hydrogens is 418 g/mol. The predicted molar refractivity (Wildman–Crippen MR) is 82.8 cm³/mol. The van der Waals surface area contributed by atoms with Gasteiger partial charge in [0.15, 0.2) is 5.05 Å². The van der Waals surface area contributed by atoms with Gasteiger partial charge in [0.05, 0.1) is 0 Å². The molecule has 5 unspecified atom stereocenters. The number of halogens is 6. The van der Waals surface area contributed by atoms with E-state index >= 15 is 0 Å². The van der Waals surface area contributed by atoms with E-state index in [2.05, 4.69) is 11.3 Å². The Bertz CT molecular complexity index is 733. The van der Waals surface area contributed by atoms with E-state index in [4.69, 9.17) is 21.7 Å². The molecule has 0 radical (unpaired) electrons. The molecule has 156 valence electrons. The van der Waals surface area contributed by atoms with Crippen LogP contribution in [0.5, 0.6) is 0 Å². The number of alkyl halides is 6. The second-order valence-electron chi connectivity index (χ2n) is 7.17. The third-order valence-electron chi connectivity index (χ3n) is 5.34. The summed E-state index contributed by atoms with van der Waals surface area (Å²) in [6.45, 7) is 4.82. The van der Waals surface area contributed by atoms with Crippen molar-refractivity contribution < 1.29 is 50.1 Å². The molecule has 1 saturated heterocycles. The van der Waals surface area contributed by atoms with Crippen LogP contribution in [0.3, 0.4) is 0 Å². The Morgan fingerprint density at radius 2 is 1.86 bits per heavy atom. The van der Waals surface area contributed by atoms with Crippen LogP contribution in [0, 0.1) is 17.3 Å². The smallest absolute Gasteiger partial charge is 0.434 e. The molecular formula is C16H14F6O5S. The molecule has 0 spiro atoms. The lowest BCUT2D eigenvalue weighted by atomic mass is 9.74. The number of hydrogen-bond donors (Lipinski definition) is 0. The SMILES string of the molecule is C=C(C)C(=O)OC1C2CC3C1OC(=O)C3(C(=S)OC(C(F)(F)F)C(F)(F)F)C2. The molecule has 28 heavy (non-hydrogen) atoms. The summed E-state index contributed by atoms with van der Waals surface area (Å²) in [6.07, 6.45) is -17.6. The first-order chi connectivity index (χ1) is 12.7. The van der Waals surface area contributed by atoms with Crippen molar-refractivity contribution in [2.45, 2.75) is 50.4 Å². The van der Waals surface area contributed by atoms with Crippen LogP contribution in [0.1, 0.15) is 19.8 Å².